The molecule has 6 rings (SSSR count). The maximum absolute atomic E-state index is 13.9. The fraction of sp³-hybridized carbons (Fsp3) is 0.143. The number of benzene rings is 2. The topological polar surface area (TPSA) is 98.4 Å². The third-order valence-electron chi connectivity index (χ3n) is 6.37. The summed E-state index contributed by atoms with van der Waals surface area (Å²) in [5, 5.41) is 2.42. The smallest absolute Gasteiger partial charge is 0.356 e. The van der Waals surface area contributed by atoms with E-state index in [0.717, 1.165) is 21.7 Å². The van der Waals surface area contributed by atoms with E-state index in [-0.39, 0.29) is 17.0 Å². The van der Waals surface area contributed by atoms with Crippen LogP contribution >= 0.6 is 23.1 Å². The molecule has 7 nitrogen and oxygen atoms in total. The SMILES string of the molecule is NC1C(=O)N2C(C(=O)OC(c3ccccc3)c3ccccc3)=C(c3csc(-c4ccncc4)n3)CS[C@H]12. The van der Waals surface area contributed by atoms with E-state index >= 15 is 0 Å². The van der Waals surface area contributed by atoms with Crippen molar-refractivity contribution < 1.29 is 14.3 Å². The highest BCUT2D eigenvalue weighted by Crippen LogP contribution is 2.44. The number of esters is 1. The maximum Gasteiger partial charge on any atom is 0.356 e. The molecule has 1 amide bonds. The number of amides is 1. The van der Waals surface area contributed by atoms with E-state index in [4.69, 9.17) is 15.5 Å². The van der Waals surface area contributed by atoms with Crippen LogP contribution in [0.4, 0.5) is 0 Å². The van der Waals surface area contributed by atoms with Gasteiger partial charge in [0, 0.05) is 34.7 Å². The molecule has 1 saturated heterocycles. The summed E-state index contributed by atoms with van der Waals surface area (Å²) in [5.74, 6) is -0.369. The third kappa shape index (κ3) is 4.35. The van der Waals surface area contributed by atoms with Gasteiger partial charge in [-0.15, -0.1) is 23.1 Å². The first-order chi connectivity index (χ1) is 18.1. The minimum absolute atomic E-state index is 0.221. The zero-order valence-electron chi connectivity index (χ0n) is 19.6. The number of pyridine rings is 1. The van der Waals surface area contributed by atoms with Gasteiger partial charge in [-0.3, -0.25) is 14.7 Å². The molecule has 9 heteroatoms. The van der Waals surface area contributed by atoms with Gasteiger partial charge in [0.15, 0.2) is 6.10 Å². The molecule has 0 bridgehead atoms. The molecule has 2 aliphatic rings. The number of fused-ring (bicyclic) bond motifs is 1. The number of nitrogens with two attached hydrogens (primary N) is 1. The standard InChI is InChI=1S/C28H22N4O3S2/c29-22-26(33)32-23(28(34)35-24(17-7-3-1-4-8-17)18-9-5-2-6-10-18)20(15-37-27(22)32)21-16-36-25(31-21)19-11-13-30-14-12-19/h1-14,16,22,24,27H,15,29H2/t22?,27-/m1/s1. The molecule has 4 heterocycles. The lowest BCUT2D eigenvalue weighted by Gasteiger charge is -2.48. The molecular formula is C28H22N4O3S2. The molecule has 1 unspecified atom stereocenters. The Morgan fingerprint density at radius 1 is 1.00 bits per heavy atom. The Morgan fingerprint density at radius 2 is 1.65 bits per heavy atom. The van der Waals surface area contributed by atoms with Crippen LogP contribution < -0.4 is 5.73 Å². The molecule has 37 heavy (non-hydrogen) atoms. The lowest BCUT2D eigenvalue weighted by Crippen LogP contribution is -2.68. The van der Waals surface area contributed by atoms with E-state index in [1.807, 2.05) is 78.2 Å². The number of β-lactam (4-membered cyclic amide) rings is 1. The number of thioether (sulfide) groups is 1. The Bertz CT molecular complexity index is 1440. The molecule has 2 aromatic carbocycles. The van der Waals surface area contributed by atoms with Gasteiger partial charge >= 0.3 is 5.97 Å². The predicted octanol–water partition coefficient (Wildman–Crippen LogP) is 4.49. The van der Waals surface area contributed by atoms with Crippen molar-refractivity contribution in [3.05, 3.63) is 113 Å². The van der Waals surface area contributed by atoms with E-state index in [2.05, 4.69) is 4.98 Å². The van der Waals surface area contributed by atoms with Crippen molar-refractivity contribution in [3.8, 4) is 10.6 Å². The number of aromatic nitrogens is 2. The van der Waals surface area contributed by atoms with E-state index in [1.54, 1.807) is 12.4 Å². The first-order valence-electron chi connectivity index (χ1n) is 11.7. The van der Waals surface area contributed by atoms with Crippen molar-refractivity contribution in [2.24, 2.45) is 5.73 Å². The summed E-state index contributed by atoms with van der Waals surface area (Å²) in [6.07, 6.45) is 2.80. The highest BCUT2D eigenvalue weighted by Gasteiger charge is 2.52. The lowest BCUT2D eigenvalue weighted by atomic mass is 10.0. The van der Waals surface area contributed by atoms with Crippen LogP contribution in [0.2, 0.25) is 0 Å². The van der Waals surface area contributed by atoms with Gasteiger partial charge in [0.25, 0.3) is 0 Å². The fourth-order valence-corrected chi connectivity index (χ4v) is 6.63. The van der Waals surface area contributed by atoms with Crippen molar-refractivity contribution in [2.45, 2.75) is 17.5 Å². The van der Waals surface area contributed by atoms with Crippen molar-refractivity contribution in [1.82, 2.24) is 14.9 Å². The van der Waals surface area contributed by atoms with Gasteiger partial charge < -0.3 is 10.5 Å². The maximum atomic E-state index is 13.9. The minimum atomic E-state index is -0.642. The zero-order valence-corrected chi connectivity index (χ0v) is 21.2. The number of rotatable bonds is 6. The average molecular weight is 527 g/mol. The predicted molar refractivity (Wildman–Crippen MR) is 144 cm³/mol. The van der Waals surface area contributed by atoms with E-state index in [9.17, 15) is 9.59 Å². The van der Waals surface area contributed by atoms with Crippen molar-refractivity contribution in [1.29, 1.82) is 0 Å². The van der Waals surface area contributed by atoms with Gasteiger partial charge in [0.1, 0.15) is 22.1 Å². The number of hydrogen-bond donors (Lipinski definition) is 1. The average Bonchev–Trinajstić information content (AvgIpc) is 3.46. The second-order valence-corrected chi connectivity index (χ2v) is 10.6. The van der Waals surface area contributed by atoms with Gasteiger partial charge in [-0.1, -0.05) is 60.7 Å². The van der Waals surface area contributed by atoms with Crippen LogP contribution in [0.5, 0.6) is 0 Å². The quantitative estimate of drug-likeness (QED) is 0.292. The van der Waals surface area contributed by atoms with Gasteiger partial charge in [-0.25, -0.2) is 9.78 Å². The molecule has 2 aliphatic heterocycles. The Morgan fingerprint density at radius 3 is 2.30 bits per heavy atom. The number of carbonyl (C=O) groups is 2. The summed E-state index contributed by atoms with van der Waals surface area (Å²) in [5.41, 5.74) is 10.2. The van der Waals surface area contributed by atoms with Gasteiger partial charge in [0.2, 0.25) is 5.91 Å². The minimum Gasteiger partial charge on any atom is -0.448 e. The van der Waals surface area contributed by atoms with Crippen LogP contribution in [0.3, 0.4) is 0 Å². The Kier molecular flexibility index (Phi) is 6.33. The Labute approximate surface area is 222 Å². The van der Waals surface area contributed by atoms with Gasteiger partial charge in [-0.05, 0) is 23.3 Å². The van der Waals surface area contributed by atoms with Crippen molar-refractivity contribution >= 4 is 40.5 Å². The summed E-state index contributed by atoms with van der Waals surface area (Å²) in [6, 6.07) is 22.3. The van der Waals surface area contributed by atoms with Gasteiger partial charge in [0.05, 0.1) is 5.69 Å². The number of ether oxygens (including phenoxy) is 1. The number of hydrogen-bond acceptors (Lipinski definition) is 8. The van der Waals surface area contributed by atoms with Crippen molar-refractivity contribution in [2.75, 3.05) is 5.75 Å². The van der Waals surface area contributed by atoms with Crippen LogP contribution in [0.15, 0.2) is 96.3 Å². The molecule has 1 fully saturated rings. The largest absolute Gasteiger partial charge is 0.448 e. The summed E-state index contributed by atoms with van der Waals surface area (Å²) in [6.45, 7) is 0. The lowest BCUT2D eigenvalue weighted by molar-refractivity contribution is -0.152. The Balaban J connectivity index is 1.41. The molecule has 0 radical (unpaired) electrons. The second-order valence-electron chi connectivity index (χ2n) is 8.64. The highest BCUT2D eigenvalue weighted by atomic mass is 32.2. The molecule has 2 aromatic heterocycles. The molecule has 4 aromatic rings. The zero-order chi connectivity index (χ0) is 25.4. The number of nitrogens with zero attached hydrogens (tertiary/aromatic N) is 3. The van der Waals surface area contributed by atoms with Crippen LogP contribution in [0.1, 0.15) is 22.9 Å². The first-order valence-corrected chi connectivity index (χ1v) is 13.7. The van der Waals surface area contributed by atoms with Crippen molar-refractivity contribution in [3.63, 3.8) is 0 Å². The molecule has 2 N–H and O–H groups in total. The van der Waals surface area contributed by atoms with E-state index < -0.39 is 18.1 Å². The summed E-state index contributed by atoms with van der Waals surface area (Å²) in [4.78, 5) is 37.1. The normalized spacial score (nSPS) is 19.0. The number of thiazole rings is 1. The first kappa shape index (κ1) is 23.6. The summed E-state index contributed by atoms with van der Waals surface area (Å²) < 4.78 is 6.17. The molecule has 184 valence electrons. The molecular weight excluding hydrogens is 504 g/mol. The second kappa shape index (κ2) is 9.93. The monoisotopic (exact) mass is 526 g/mol. The fourth-order valence-electron chi connectivity index (χ4n) is 4.49. The molecule has 2 atom stereocenters. The number of carbonyl (C=O) groups excluding carboxylic acids is 2. The van der Waals surface area contributed by atoms with Gasteiger partial charge in [-0.2, -0.15) is 0 Å². The van der Waals surface area contributed by atoms with Crippen LogP contribution in [-0.4, -0.2) is 43.9 Å². The summed E-state index contributed by atoms with van der Waals surface area (Å²) in [7, 11) is 0. The molecule has 0 aliphatic carbocycles. The van der Waals surface area contributed by atoms with Crippen LogP contribution in [0.25, 0.3) is 16.1 Å². The third-order valence-corrected chi connectivity index (χ3v) is 8.57. The van der Waals surface area contributed by atoms with Crippen LogP contribution in [0, 0.1) is 0 Å². The molecule has 0 spiro atoms. The molecule has 0 saturated carbocycles. The summed E-state index contributed by atoms with van der Waals surface area (Å²) >= 11 is 3.01. The Hall–Kier alpha value is -3.79. The van der Waals surface area contributed by atoms with E-state index in [0.29, 0.717) is 17.0 Å². The highest BCUT2D eigenvalue weighted by molar-refractivity contribution is 8.00. The van der Waals surface area contributed by atoms with E-state index in [1.165, 1.54) is 28.0 Å². The van der Waals surface area contributed by atoms with Crippen LogP contribution in [-0.2, 0) is 14.3 Å².